The lowest BCUT2D eigenvalue weighted by Crippen LogP contribution is -1.97. The van der Waals surface area contributed by atoms with Gasteiger partial charge in [-0.15, -0.1) is 0 Å². The summed E-state index contributed by atoms with van der Waals surface area (Å²) in [6, 6.07) is 0. The number of aliphatic hydroxyl groups excluding tert-OH is 1. The highest BCUT2D eigenvalue weighted by Gasteiger charge is 1.95. The molecule has 4 heteroatoms. The van der Waals surface area contributed by atoms with Gasteiger partial charge in [-0.2, -0.15) is 5.10 Å². The minimum atomic E-state index is 0.271. The van der Waals surface area contributed by atoms with E-state index in [4.69, 9.17) is 9.84 Å². The Kier molecular flexibility index (Phi) is 4.32. The van der Waals surface area contributed by atoms with Crippen LogP contribution in [0.5, 0.6) is 5.75 Å². The van der Waals surface area contributed by atoms with Gasteiger partial charge >= 0.3 is 0 Å². The van der Waals surface area contributed by atoms with Gasteiger partial charge in [-0.25, -0.2) is 0 Å². The number of aryl methyl sites for hydroxylation is 1. The fraction of sp³-hybridized carbons (Fsp3) is 0.667. The van der Waals surface area contributed by atoms with Crippen molar-refractivity contribution in [3.63, 3.8) is 0 Å². The number of aliphatic hydroxyl groups is 1. The molecule has 0 aliphatic carbocycles. The van der Waals surface area contributed by atoms with Gasteiger partial charge in [-0.3, -0.25) is 4.68 Å². The summed E-state index contributed by atoms with van der Waals surface area (Å²) in [5.41, 5.74) is 0. The predicted molar refractivity (Wildman–Crippen MR) is 49.6 cm³/mol. The third-order valence-electron chi connectivity index (χ3n) is 1.75. The van der Waals surface area contributed by atoms with Crippen LogP contribution in [0.2, 0.25) is 0 Å². The van der Waals surface area contributed by atoms with Crippen LogP contribution in [0.25, 0.3) is 0 Å². The van der Waals surface area contributed by atoms with Crippen LogP contribution in [0.1, 0.15) is 19.3 Å². The normalized spacial score (nSPS) is 10.3. The van der Waals surface area contributed by atoms with Crippen molar-refractivity contribution in [2.75, 3.05) is 13.2 Å². The Hall–Kier alpha value is -1.03. The molecule has 0 unspecified atom stereocenters. The van der Waals surface area contributed by atoms with Crippen LogP contribution in [-0.2, 0) is 7.05 Å². The lowest BCUT2D eigenvalue weighted by molar-refractivity contribution is 0.266. The molecule has 74 valence electrons. The van der Waals surface area contributed by atoms with E-state index in [1.54, 1.807) is 10.9 Å². The van der Waals surface area contributed by atoms with E-state index in [2.05, 4.69) is 5.10 Å². The van der Waals surface area contributed by atoms with E-state index in [9.17, 15) is 0 Å². The third-order valence-corrected chi connectivity index (χ3v) is 1.75. The first kappa shape index (κ1) is 10.1. The SMILES string of the molecule is Cn1cc(OCCCCCO)cn1. The highest BCUT2D eigenvalue weighted by atomic mass is 16.5. The third kappa shape index (κ3) is 3.94. The first-order chi connectivity index (χ1) is 6.33. The molecule has 0 atom stereocenters. The summed E-state index contributed by atoms with van der Waals surface area (Å²) >= 11 is 0. The van der Waals surface area contributed by atoms with Gasteiger partial charge in [0.1, 0.15) is 0 Å². The predicted octanol–water partition coefficient (Wildman–Crippen LogP) is 0.961. The molecule has 0 bridgehead atoms. The first-order valence-corrected chi connectivity index (χ1v) is 4.55. The van der Waals surface area contributed by atoms with Crippen LogP contribution < -0.4 is 4.74 Å². The van der Waals surface area contributed by atoms with E-state index in [1.807, 2.05) is 13.2 Å². The van der Waals surface area contributed by atoms with E-state index in [-0.39, 0.29) is 6.61 Å². The summed E-state index contributed by atoms with van der Waals surface area (Å²) in [6.07, 6.45) is 6.39. The van der Waals surface area contributed by atoms with E-state index in [0.717, 1.165) is 25.0 Å². The van der Waals surface area contributed by atoms with Gasteiger partial charge in [0.25, 0.3) is 0 Å². The largest absolute Gasteiger partial charge is 0.490 e. The Labute approximate surface area is 78.1 Å². The lowest BCUT2D eigenvalue weighted by Gasteiger charge is -2.01. The molecule has 1 N–H and O–H groups in total. The minimum Gasteiger partial charge on any atom is -0.490 e. The van der Waals surface area contributed by atoms with Gasteiger partial charge in [-0.05, 0) is 19.3 Å². The molecule has 0 fully saturated rings. The Balaban J connectivity index is 2.06. The Morgan fingerprint density at radius 1 is 1.46 bits per heavy atom. The van der Waals surface area contributed by atoms with Crippen molar-refractivity contribution in [3.8, 4) is 5.75 Å². The second kappa shape index (κ2) is 5.59. The van der Waals surface area contributed by atoms with Crippen molar-refractivity contribution in [1.29, 1.82) is 0 Å². The number of unbranched alkanes of at least 4 members (excludes halogenated alkanes) is 2. The van der Waals surface area contributed by atoms with Crippen LogP contribution in [0.3, 0.4) is 0 Å². The maximum atomic E-state index is 8.53. The zero-order valence-electron chi connectivity index (χ0n) is 7.94. The van der Waals surface area contributed by atoms with Gasteiger partial charge in [0.2, 0.25) is 0 Å². The van der Waals surface area contributed by atoms with E-state index in [0.29, 0.717) is 6.61 Å². The first-order valence-electron chi connectivity index (χ1n) is 4.55. The molecule has 0 saturated carbocycles. The lowest BCUT2D eigenvalue weighted by atomic mass is 10.2. The fourth-order valence-corrected chi connectivity index (χ4v) is 1.05. The second-order valence-electron chi connectivity index (χ2n) is 2.98. The monoisotopic (exact) mass is 184 g/mol. The van der Waals surface area contributed by atoms with E-state index in [1.165, 1.54) is 0 Å². The molecule has 1 heterocycles. The molecule has 0 aliphatic rings. The highest BCUT2D eigenvalue weighted by Crippen LogP contribution is 2.07. The van der Waals surface area contributed by atoms with Gasteiger partial charge in [0.05, 0.1) is 19.0 Å². The standard InChI is InChI=1S/C9H16N2O2/c1-11-8-9(7-10-11)13-6-4-2-3-5-12/h7-8,12H,2-6H2,1H3. The van der Waals surface area contributed by atoms with Crippen LogP contribution >= 0.6 is 0 Å². The summed E-state index contributed by atoms with van der Waals surface area (Å²) < 4.78 is 7.12. The smallest absolute Gasteiger partial charge is 0.157 e. The van der Waals surface area contributed by atoms with Crippen molar-refractivity contribution in [2.24, 2.45) is 7.05 Å². The Bertz CT molecular complexity index is 235. The van der Waals surface area contributed by atoms with Gasteiger partial charge in [0.15, 0.2) is 5.75 Å². The molecule has 0 saturated heterocycles. The molecule has 0 radical (unpaired) electrons. The number of hydrogen-bond acceptors (Lipinski definition) is 3. The molecule has 0 spiro atoms. The van der Waals surface area contributed by atoms with Crippen LogP contribution in [0.4, 0.5) is 0 Å². The maximum absolute atomic E-state index is 8.53. The quantitative estimate of drug-likeness (QED) is 0.670. The van der Waals surface area contributed by atoms with E-state index < -0.39 is 0 Å². The summed E-state index contributed by atoms with van der Waals surface area (Å²) in [6.45, 7) is 0.971. The van der Waals surface area contributed by atoms with Crippen molar-refractivity contribution in [1.82, 2.24) is 9.78 Å². The van der Waals surface area contributed by atoms with Crippen molar-refractivity contribution in [2.45, 2.75) is 19.3 Å². The molecular weight excluding hydrogens is 168 g/mol. The Morgan fingerprint density at radius 2 is 2.31 bits per heavy atom. The number of ether oxygens (including phenoxy) is 1. The van der Waals surface area contributed by atoms with Crippen LogP contribution in [-0.4, -0.2) is 28.1 Å². The number of rotatable bonds is 6. The molecular formula is C9H16N2O2. The van der Waals surface area contributed by atoms with Crippen LogP contribution in [0.15, 0.2) is 12.4 Å². The molecule has 0 aromatic carbocycles. The average Bonchev–Trinajstić information content (AvgIpc) is 2.51. The van der Waals surface area contributed by atoms with Gasteiger partial charge < -0.3 is 9.84 Å². The molecule has 4 nitrogen and oxygen atoms in total. The number of aromatic nitrogens is 2. The zero-order valence-corrected chi connectivity index (χ0v) is 7.94. The number of nitrogens with zero attached hydrogens (tertiary/aromatic N) is 2. The maximum Gasteiger partial charge on any atom is 0.157 e. The summed E-state index contributed by atoms with van der Waals surface area (Å²) in [5, 5.41) is 12.5. The molecule has 1 aromatic heterocycles. The molecule has 1 aromatic rings. The zero-order chi connectivity index (χ0) is 9.52. The van der Waals surface area contributed by atoms with Gasteiger partial charge in [-0.1, -0.05) is 0 Å². The number of hydrogen-bond donors (Lipinski definition) is 1. The summed E-state index contributed by atoms with van der Waals surface area (Å²) in [5.74, 6) is 0.812. The fourth-order valence-electron chi connectivity index (χ4n) is 1.05. The topological polar surface area (TPSA) is 47.3 Å². The summed E-state index contributed by atoms with van der Waals surface area (Å²) in [4.78, 5) is 0. The molecule has 0 aliphatic heterocycles. The second-order valence-corrected chi connectivity index (χ2v) is 2.98. The molecule has 0 amide bonds. The van der Waals surface area contributed by atoms with Crippen LogP contribution in [0, 0.1) is 0 Å². The Morgan fingerprint density at radius 3 is 2.92 bits per heavy atom. The van der Waals surface area contributed by atoms with E-state index >= 15 is 0 Å². The van der Waals surface area contributed by atoms with Gasteiger partial charge in [0, 0.05) is 13.7 Å². The molecule has 1 rings (SSSR count). The molecule has 13 heavy (non-hydrogen) atoms. The van der Waals surface area contributed by atoms with Crippen molar-refractivity contribution < 1.29 is 9.84 Å². The summed E-state index contributed by atoms with van der Waals surface area (Å²) in [7, 11) is 1.86. The average molecular weight is 184 g/mol. The van der Waals surface area contributed by atoms with Crippen molar-refractivity contribution >= 4 is 0 Å². The minimum absolute atomic E-state index is 0.271. The van der Waals surface area contributed by atoms with Crippen molar-refractivity contribution in [3.05, 3.63) is 12.4 Å². The highest BCUT2D eigenvalue weighted by molar-refractivity contribution is 5.10.